The number of alkyl halides is 3. The van der Waals surface area contributed by atoms with Crippen LogP contribution in [0.4, 0.5) is 26.3 Å². The second-order valence-electron chi connectivity index (χ2n) is 8.18. The smallest absolute Gasteiger partial charge is 0.336 e. The van der Waals surface area contributed by atoms with Crippen molar-refractivity contribution in [3.05, 3.63) is 35.1 Å². The van der Waals surface area contributed by atoms with E-state index in [1.807, 2.05) is 0 Å². The van der Waals surface area contributed by atoms with Gasteiger partial charge in [-0.2, -0.15) is 18.4 Å². The molecule has 0 aliphatic heterocycles. The van der Waals surface area contributed by atoms with Crippen molar-refractivity contribution in [2.24, 2.45) is 5.92 Å². The summed E-state index contributed by atoms with van der Waals surface area (Å²) in [5.41, 5.74) is -2.92. The Hall–Kier alpha value is -2.33. The fourth-order valence-electron chi connectivity index (χ4n) is 3.25. The second-order valence-corrected chi connectivity index (χ2v) is 10.3. The lowest BCUT2D eigenvalue weighted by atomic mass is 10.0. The van der Waals surface area contributed by atoms with Gasteiger partial charge in [0.25, 0.3) is 0 Å². The zero-order valence-electron chi connectivity index (χ0n) is 16.5. The molecule has 2 aliphatic carbocycles. The topological polar surface area (TPSA) is 99.1 Å². The number of amides is 1. The third kappa shape index (κ3) is 5.92. The third-order valence-electron chi connectivity index (χ3n) is 5.28. The van der Waals surface area contributed by atoms with E-state index in [2.05, 4.69) is 5.32 Å². The van der Waals surface area contributed by atoms with Crippen molar-refractivity contribution in [3.8, 4) is 6.07 Å². The quantitative estimate of drug-likeness (QED) is 0.527. The Morgan fingerprint density at radius 2 is 1.75 bits per heavy atom. The van der Waals surface area contributed by atoms with Gasteiger partial charge in [-0.05, 0) is 31.6 Å². The zero-order chi connectivity index (χ0) is 23.9. The molecule has 176 valence electrons. The Morgan fingerprint density at radius 1 is 1.19 bits per heavy atom. The maximum atomic E-state index is 14.1. The first kappa shape index (κ1) is 24.3. The molecule has 32 heavy (non-hydrogen) atoms. The molecule has 0 radical (unpaired) electrons. The Kier molecular flexibility index (Phi) is 6.50. The van der Waals surface area contributed by atoms with Gasteiger partial charge in [0.1, 0.15) is 35.1 Å². The second kappa shape index (κ2) is 8.55. The van der Waals surface area contributed by atoms with Crippen LogP contribution in [0.1, 0.15) is 37.3 Å². The molecule has 0 heterocycles. The summed E-state index contributed by atoms with van der Waals surface area (Å²) in [5, 5.41) is 13.0. The molecule has 2 atom stereocenters. The first-order chi connectivity index (χ1) is 14.8. The number of nitriles is 1. The van der Waals surface area contributed by atoms with E-state index in [9.17, 15) is 39.6 Å². The molecule has 1 aromatic carbocycles. The van der Waals surface area contributed by atoms with Gasteiger partial charge >= 0.3 is 6.18 Å². The van der Waals surface area contributed by atoms with Crippen LogP contribution in [0.25, 0.3) is 0 Å². The number of nitrogens with one attached hydrogen (secondary N) is 2. The molecule has 1 amide bonds. The fraction of sp³-hybridized carbons (Fsp3) is 0.579. The minimum absolute atomic E-state index is 0.0482. The first-order valence-corrected chi connectivity index (χ1v) is 11.5. The van der Waals surface area contributed by atoms with E-state index in [4.69, 9.17) is 5.26 Å². The van der Waals surface area contributed by atoms with Crippen LogP contribution in [0.5, 0.6) is 0 Å². The minimum Gasteiger partial charge on any atom is -0.336 e. The van der Waals surface area contributed by atoms with Gasteiger partial charge in [0.15, 0.2) is 9.84 Å². The van der Waals surface area contributed by atoms with Crippen LogP contribution in [0.15, 0.2) is 12.1 Å². The Morgan fingerprint density at radius 3 is 2.19 bits per heavy atom. The van der Waals surface area contributed by atoms with Gasteiger partial charge in [-0.1, -0.05) is 0 Å². The van der Waals surface area contributed by atoms with Crippen LogP contribution in [-0.4, -0.2) is 43.6 Å². The number of hydrogen-bond acceptors (Lipinski definition) is 5. The predicted molar refractivity (Wildman–Crippen MR) is 99.1 cm³/mol. The average molecular weight is 483 g/mol. The minimum atomic E-state index is -5.37. The van der Waals surface area contributed by atoms with Crippen LogP contribution >= 0.6 is 0 Å². The highest BCUT2D eigenvalue weighted by atomic mass is 32.2. The third-order valence-corrected chi connectivity index (χ3v) is 7.10. The van der Waals surface area contributed by atoms with Crippen LogP contribution < -0.4 is 10.6 Å². The predicted octanol–water partition coefficient (Wildman–Crippen LogP) is 2.66. The number of benzene rings is 1. The molecule has 6 nitrogen and oxygen atoms in total. The molecule has 2 saturated carbocycles. The van der Waals surface area contributed by atoms with E-state index in [1.54, 1.807) is 11.4 Å². The van der Waals surface area contributed by atoms with Gasteiger partial charge < -0.3 is 5.32 Å². The summed E-state index contributed by atoms with van der Waals surface area (Å²) >= 11 is 0. The number of sulfone groups is 1. The Labute approximate surface area is 179 Å². The van der Waals surface area contributed by atoms with Crippen molar-refractivity contribution in [1.29, 1.82) is 5.26 Å². The van der Waals surface area contributed by atoms with Crippen LogP contribution in [0.2, 0.25) is 0 Å². The molecule has 1 aromatic rings. The Balaban J connectivity index is 1.94. The molecule has 2 N–H and O–H groups in total. The van der Waals surface area contributed by atoms with Crippen LogP contribution in [-0.2, 0) is 14.6 Å². The van der Waals surface area contributed by atoms with Crippen molar-refractivity contribution < 1.29 is 39.6 Å². The maximum Gasteiger partial charge on any atom is 0.408 e. The number of carbonyl (C=O) groups is 1. The van der Waals surface area contributed by atoms with Crippen molar-refractivity contribution in [2.75, 3.05) is 11.5 Å². The molecule has 13 heteroatoms. The van der Waals surface area contributed by atoms with Gasteiger partial charge in [0, 0.05) is 17.7 Å². The molecule has 0 bridgehead atoms. The van der Waals surface area contributed by atoms with E-state index >= 15 is 0 Å². The van der Waals surface area contributed by atoms with E-state index in [-0.39, 0.29) is 36.6 Å². The number of carbonyl (C=O) groups excluding carboxylic acids is 1. The van der Waals surface area contributed by atoms with Gasteiger partial charge in [0.2, 0.25) is 5.91 Å². The molecular weight excluding hydrogens is 464 g/mol. The van der Waals surface area contributed by atoms with Gasteiger partial charge in [-0.15, -0.1) is 0 Å². The molecule has 2 fully saturated rings. The maximum absolute atomic E-state index is 14.1. The largest absolute Gasteiger partial charge is 0.408 e. The molecular formula is C19H19F6N3O3S. The summed E-state index contributed by atoms with van der Waals surface area (Å²) < 4.78 is 107. The monoisotopic (exact) mass is 483 g/mol. The first-order valence-electron chi connectivity index (χ1n) is 9.66. The molecule has 2 aliphatic rings. The SMILES string of the molecule is N#CC1(NC(=O)[C@H](CS(=O)(=O)CC2CC2)N[C@@H](c2c(F)cc(F)cc2F)C(F)(F)F)CC1. The van der Waals surface area contributed by atoms with Crippen molar-refractivity contribution in [3.63, 3.8) is 0 Å². The number of rotatable bonds is 9. The van der Waals surface area contributed by atoms with Crippen LogP contribution in [0, 0.1) is 34.7 Å². The summed E-state index contributed by atoms with van der Waals surface area (Å²) in [6, 6.07) is -3.33. The van der Waals surface area contributed by atoms with Gasteiger partial charge in [-0.25, -0.2) is 21.6 Å². The van der Waals surface area contributed by atoms with Gasteiger partial charge in [-0.3, -0.25) is 10.1 Å². The lowest BCUT2D eigenvalue weighted by Crippen LogP contribution is -2.54. The lowest BCUT2D eigenvalue weighted by molar-refractivity contribution is -0.161. The molecule has 0 spiro atoms. The van der Waals surface area contributed by atoms with Crippen molar-refractivity contribution in [1.82, 2.24) is 10.6 Å². The summed E-state index contributed by atoms with van der Waals surface area (Å²) in [7, 11) is -4.03. The standard InChI is InChI=1S/C19H19F6N3O3S/c20-11-5-12(21)15(13(22)6-11)16(19(23,24)25)27-14(8-32(30,31)7-10-1-2-10)17(29)28-18(9-26)3-4-18/h5-6,10,14,16,27H,1-4,7-8H2,(H,28,29)/t14-,16-/m0/s1. The van der Waals surface area contributed by atoms with Crippen molar-refractivity contribution in [2.45, 2.75) is 49.5 Å². The Bertz CT molecular complexity index is 1020. The molecule has 0 saturated heterocycles. The number of hydrogen-bond donors (Lipinski definition) is 2. The van der Waals surface area contributed by atoms with E-state index in [1.165, 1.54) is 0 Å². The summed E-state index contributed by atoms with van der Waals surface area (Å²) in [6.45, 7) is 0. The molecule has 0 unspecified atom stereocenters. The lowest BCUT2D eigenvalue weighted by Gasteiger charge is -2.28. The molecule has 0 aromatic heterocycles. The zero-order valence-corrected chi connectivity index (χ0v) is 17.3. The summed E-state index contributed by atoms with van der Waals surface area (Å²) in [6.07, 6.45) is -3.68. The van der Waals surface area contributed by atoms with E-state index in [0.717, 1.165) is 0 Å². The summed E-state index contributed by atoms with van der Waals surface area (Å²) in [5.74, 6) is -7.97. The highest BCUT2D eigenvalue weighted by Gasteiger charge is 2.49. The van der Waals surface area contributed by atoms with E-state index < -0.39 is 68.3 Å². The highest BCUT2D eigenvalue weighted by molar-refractivity contribution is 7.91. The van der Waals surface area contributed by atoms with E-state index in [0.29, 0.717) is 12.8 Å². The fourth-order valence-corrected chi connectivity index (χ4v) is 5.19. The average Bonchev–Trinajstić information content (AvgIpc) is 3.56. The highest BCUT2D eigenvalue weighted by Crippen LogP contribution is 2.37. The number of nitrogens with zero attached hydrogens (tertiary/aromatic N) is 1. The van der Waals surface area contributed by atoms with Crippen molar-refractivity contribution >= 4 is 15.7 Å². The number of halogens is 6. The summed E-state index contributed by atoms with van der Waals surface area (Å²) in [4.78, 5) is 12.7. The molecule has 3 rings (SSSR count). The normalized spacial score (nSPS) is 19.7. The van der Waals surface area contributed by atoms with Gasteiger partial charge in [0.05, 0.1) is 17.6 Å². The van der Waals surface area contributed by atoms with Crippen LogP contribution in [0.3, 0.4) is 0 Å².